The summed E-state index contributed by atoms with van der Waals surface area (Å²) in [6.45, 7) is 3.15. The molecule has 2 fully saturated rings. The molecule has 0 aromatic carbocycles. The van der Waals surface area contributed by atoms with E-state index in [1.807, 2.05) is 11.9 Å². The van der Waals surface area contributed by atoms with Gasteiger partial charge in [-0.3, -0.25) is 0 Å². The number of sulfone groups is 1. The predicted molar refractivity (Wildman–Crippen MR) is 90.6 cm³/mol. The highest BCUT2D eigenvalue weighted by molar-refractivity contribution is 7.91. The maximum Gasteiger partial charge on any atom is 0.247 e. The molecule has 1 aromatic rings. The monoisotopic (exact) mass is 339 g/mol. The van der Waals surface area contributed by atoms with Crippen LogP contribution in [0.15, 0.2) is 6.20 Å². The molecule has 3 rings (SSSR count). The van der Waals surface area contributed by atoms with Crippen LogP contribution >= 0.6 is 0 Å². The molecular formula is C15H25N5O2S. The molecule has 3 heterocycles. The molecule has 2 aliphatic rings. The van der Waals surface area contributed by atoms with Crippen molar-refractivity contribution in [1.82, 2.24) is 15.2 Å². The Morgan fingerprint density at radius 3 is 2.87 bits per heavy atom. The molecule has 0 N–H and O–H groups in total. The molecule has 2 atom stereocenters. The number of anilines is 2. The summed E-state index contributed by atoms with van der Waals surface area (Å²) in [5, 5.41) is 8.33. The van der Waals surface area contributed by atoms with Gasteiger partial charge in [-0.05, 0) is 32.1 Å². The van der Waals surface area contributed by atoms with E-state index in [1.54, 1.807) is 6.20 Å². The van der Waals surface area contributed by atoms with Gasteiger partial charge in [0, 0.05) is 25.7 Å². The minimum absolute atomic E-state index is 0.0205. The Kier molecular flexibility index (Phi) is 4.70. The Hall–Kier alpha value is -1.44. The van der Waals surface area contributed by atoms with Crippen LogP contribution in [0.3, 0.4) is 0 Å². The molecule has 0 spiro atoms. The van der Waals surface area contributed by atoms with Crippen LogP contribution in [0.2, 0.25) is 0 Å². The summed E-state index contributed by atoms with van der Waals surface area (Å²) >= 11 is 0. The molecule has 0 aliphatic carbocycles. The van der Waals surface area contributed by atoms with Gasteiger partial charge in [-0.25, -0.2) is 8.42 Å². The molecule has 0 amide bonds. The third kappa shape index (κ3) is 3.57. The number of aromatic nitrogens is 3. The van der Waals surface area contributed by atoms with Crippen LogP contribution < -0.4 is 9.80 Å². The number of hydrogen-bond donors (Lipinski definition) is 0. The van der Waals surface area contributed by atoms with E-state index in [0.717, 1.165) is 19.4 Å². The first-order chi connectivity index (χ1) is 11.0. The lowest BCUT2D eigenvalue weighted by atomic mass is 10.0. The van der Waals surface area contributed by atoms with Gasteiger partial charge in [-0.1, -0.05) is 6.92 Å². The normalized spacial score (nSPS) is 27.1. The van der Waals surface area contributed by atoms with Crippen molar-refractivity contribution in [3.05, 3.63) is 6.20 Å². The van der Waals surface area contributed by atoms with Crippen molar-refractivity contribution in [2.24, 2.45) is 0 Å². The summed E-state index contributed by atoms with van der Waals surface area (Å²) < 4.78 is 23.4. The van der Waals surface area contributed by atoms with E-state index in [4.69, 9.17) is 0 Å². The lowest BCUT2D eigenvalue weighted by Gasteiger charge is -2.35. The van der Waals surface area contributed by atoms with E-state index in [0.29, 0.717) is 24.2 Å². The molecular weight excluding hydrogens is 314 g/mol. The average molecular weight is 339 g/mol. The van der Waals surface area contributed by atoms with Crippen molar-refractivity contribution < 1.29 is 8.42 Å². The van der Waals surface area contributed by atoms with Crippen LogP contribution in [0.5, 0.6) is 0 Å². The van der Waals surface area contributed by atoms with Gasteiger partial charge in [0.05, 0.1) is 17.7 Å². The second-order valence-corrected chi connectivity index (χ2v) is 8.76. The minimum atomic E-state index is -2.91. The summed E-state index contributed by atoms with van der Waals surface area (Å²) in [5.74, 6) is 1.83. The first kappa shape index (κ1) is 16.4. The van der Waals surface area contributed by atoms with E-state index < -0.39 is 9.84 Å². The van der Waals surface area contributed by atoms with Crippen LogP contribution in [0.25, 0.3) is 0 Å². The van der Waals surface area contributed by atoms with Crippen molar-refractivity contribution in [3.63, 3.8) is 0 Å². The van der Waals surface area contributed by atoms with Gasteiger partial charge in [0.15, 0.2) is 15.7 Å². The predicted octanol–water partition coefficient (Wildman–Crippen LogP) is 1.26. The lowest BCUT2D eigenvalue weighted by Crippen LogP contribution is -2.41. The molecule has 2 saturated heterocycles. The average Bonchev–Trinajstić information content (AvgIpc) is 2.94. The van der Waals surface area contributed by atoms with Gasteiger partial charge >= 0.3 is 0 Å². The van der Waals surface area contributed by atoms with E-state index in [-0.39, 0.29) is 17.5 Å². The van der Waals surface area contributed by atoms with Crippen molar-refractivity contribution in [1.29, 1.82) is 0 Å². The molecule has 2 unspecified atom stereocenters. The van der Waals surface area contributed by atoms with Crippen LogP contribution in [-0.2, 0) is 9.84 Å². The van der Waals surface area contributed by atoms with Gasteiger partial charge in [-0.15, -0.1) is 5.10 Å². The molecule has 128 valence electrons. The van der Waals surface area contributed by atoms with Crippen molar-refractivity contribution in [2.45, 2.75) is 51.1 Å². The molecule has 23 heavy (non-hydrogen) atoms. The Labute approximate surface area is 138 Å². The fourth-order valence-corrected chi connectivity index (χ4v) is 5.31. The highest BCUT2D eigenvalue weighted by Crippen LogP contribution is 2.26. The Balaban J connectivity index is 1.79. The molecule has 0 radical (unpaired) electrons. The van der Waals surface area contributed by atoms with Crippen LogP contribution in [0.1, 0.15) is 39.0 Å². The quantitative estimate of drug-likeness (QED) is 0.817. The van der Waals surface area contributed by atoms with E-state index in [2.05, 4.69) is 27.0 Å². The second-order valence-electron chi connectivity index (χ2n) is 6.53. The van der Waals surface area contributed by atoms with Gasteiger partial charge < -0.3 is 9.80 Å². The van der Waals surface area contributed by atoms with Crippen molar-refractivity contribution in [3.8, 4) is 0 Å². The van der Waals surface area contributed by atoms with Crippen molar-refractivity contribution >= 4 is 21.6 Å². The third-order valence-corrected chi connectivity index (χ3v) is 6.76. The summed E-state index contributed by atoms with van der Waals surface area (Å²) in [5.41, 5.74) is 0. The largest absolute Gasteiger partial charge is 0.354 e. The third-order valence-electron chi connectivity index (χ3n) is 5.01. The summed E-state index contributed by atoms with van der Waals surface area (Å²) in [7, 11) is -1.01. The van der Waals surface area contributed by atoms with Crippen LogP contribution in [-0.4, -0.2) is 60.8 Å². The maximum absolute atomic E-state index is 11.7. The fraction of sp³-hybridized carbons (Fsp3) is 0.800. The molecule has 7 nitrogen and oxygen atoms in total. The summed E-state index contributed by atoms with van der Waals surface area (Å²) in [6.07, 6.45) is 6.92. The zero-order chi connectivity index (χ0) is 16.4. The van der Waals surface area contributed by atoms with E-state index in [1.165, 1.54) is 12.8 Å². The number of rotatable bonds is 4. The summed E-state index contributed by atoms with van der Waals surface area (Å²) in [6, 6.07) is 0.450. The van der Waals surface area contributed by atoms with Crippen molar-refractivity contribution in [2.75, 3.05) is 34.9 Å². The number of piperidine rings is 1. The first-order valence-electron chi connectivity index (χ1n) is 8.40. The number of hydrogen-bond acceptors (Lipinski definition) is 7. The Morgan fingerprint density at radius 2 is 2.17 bits per heavy atom. The zero-order valence-corrected chi connectivity index (χ0v) is 14.7. The highest BCUT2D eigenvalue weighted by atomic mass is 32.2. The van der Waals surface area contributed by atoms with E-state index in [9.17, 15) is 8.42 Å². The second kappa shape index (κ2) is 6.59. The molecule has 0 bridgehead atoms. The van der Waals surface area contributed by atoms with Gasteiger partial charge in [0.2, 0.25) is 5.95 Å². The maximum atomic E-state index is 11.7. The lowest BCUT2D eigenvalue weighted by molar-refractivity contribution is 0.441. The molecule has 1 aromatic heterocycles. The molecule has 2 aliphatic heterocycles. The van der Waals surface area contributed by atoms with Crippen LogP contribution in [0, 0.1) is 0 Å². The highest BCUT2D eigenvalue weighted by Gasteiger charge is 2.32. The standard InChI is InChI=1S/C15H25N5O2S/c1-3-12-6-4-5-8-20(12)15-17-14(10-16-18-15)19(2)13-7-9-23(21,22)11-13/h10,12-13H,3-9,11H2,1-2H3. The molecule has 0 saturated carbocycles. The Bertz CT molecular complexity index is 651. The topological polar surface area (TPSA) is 79.3 Å². The Morgan fingerprint density at radius 1 is 1.35 bits per heavy atom. The summed E-state index contributed by atoms with van der Waals surface area (Å²) in [4.78, 5) is 8.86. The van der Waals surface area contributed by atoms with E-state index >= 15 is 0 Å². The minimum Gasteiger partial charge on any atom is -0.354 e. The van der Waals surface area contributed by atoms with Gasteiger partial charge in [0.25, 0.3) is 0 Å². The first-order valence-corrected chi connectivity index (χ1v) is 10.2. The molecule has 8 heteroatoms. The van der Waals surface area contributed by atoms with Gasteiger partial charge in [0.1, 0.15) is 0 Å². The SMILES string of the molecule is CCC1CCCCN1c1nncc(N(C)C2CCS(=O)(=O)C2)n1. The fourth-order valence-electron chi connectivity index (χ4n) is 3.53. The zero-order valence-electron chi connectivity index (χ0n) is 13.8. The van der Waals surface area contributed by atoms with Crippen LogP contribution in [0.4, 0.5) is 11.8 Å². The van der Waals surface area contributed by atoms with Gasteiger partial charge in [-0.2, -0.15) is 10.1 Å². The smallest absolute Gasteiger partial charge is 0.247 e. The number of nitrogens with zero attached hydrogens (tertiary/aromatic N) is 5.